The third-order valence-electron chi connectivity index (χ3n) is 4.46. The summed E-state index contributed by atoms with van der Waals surface area (Å²) in [5, 5.41) is 11.4. The molecule has 3 rings (SSSR count). The van der Waals surface area contributed by atoms with Crippen LogP contribution < -0.4 is 10.1 Å². The van der Waals surface area contributed by atoms with Crippen molar-refractivity contribution >= 4 is 16.8 Å². The molecule has 130 valence electrons. The molecule has 2 aromatic carbocycles. The molecule has 2 N–H and O–H groups in total. The normalized spacial score (nSPS) is 12.1. The number of carbonyl (C=O) groups is 1. The molecule has 3 aromatic rings. The molecule has 0 saturated heterocycles. The number of benzene rings is 2. The average molecular weight is 337 g/mol. The molecular formula is C20H23N3O2. The predicted molar refractivity (Wildman–Crippen MR) is 99.0 cm³/mol. The molecule has 5 nitrogen and oxygen atoms in total. The minimum absolute atomic E-state index is 0.0618. The number of nitrogens with one attached hydrogen (secondary N) is 2. The number of nitrogens with zero attached hydrogens (tertiary/aromatic N) is 1. The van der Waals surface area contributed by atoms with Gasteiger partial charge in [0, 0.05) is 16.6 Å². The smallest absolute Gasteiger partial charge is 0.251 e. The number of aryl methyl sites for hydroxylation is 1. The highest BCUT2D eigenvalue weighted by molar-refractivity contribution is 5.98. The van der Waals surface area contributed by atoms with Crippen molar-refractivity contribution < 1.29 is 9.53 Å². The van der Waals surface area contributed by atoms with E-state index in [-0.39, 0.29) is 11.9 Å². The van der Waals surface area contributed by atoms with Crippen molar-refractivity contribution in [2.24, 2.45) is 0 Å². The third-order valence-corrected chi connectivity index (χ3v) is 4.46. The standard InChI is InChI=1S/C20H23N3O2/c1-4-17(13-7-6-8-15(11-13)25-3)21-20(24)14-9-10-19-16(12-14)18(5-2)22-23-19/h6-12,17H,4-5H2,1-3H3,(H,21,24)(H,22,23). The van der Waals surface area contributed by atoms with E-state index in [1.807, 2.05) is 42.5 Å². The van der Waals surface area contributed by atoms with Crippen LogP contribution in [0.25, 0.3) is 10.9 Å². The van der Waals surface area contributed by atoms with E-state index in [1.165, 1.54) is 0 Å². The van der Waals surface area contributed by atoms with E-state index >= 15 is 0 Å². The summed E-state index contributed by atoms with van der Waals surface area (Å²) >= 11 is 0. The van der Waals surface area contributed by atoms with Gasteiger partial charge in [-0.15, -0.1) is 0 Å². The number of ether oxygens (including phenoxy) is 1. The summed E-state index contributed by atoms with van der Waals surface area (Å²) in [6.07, 6.45) is 1.65. The fourth-order valence-electron chi connectivity index (χ4n) is 2.99. The van der Waals surface area contributed by atoms with Gasteiger partial charge >= 0.3 is 0 Å². The van der Waals surface area contributed by atoms with Crippen LogP contribution in [-0.2, 0) is 6.42 Å². The summed E-state index contributed by atoms with van der Waals surface area (Å²) in [7, 11) is 1.64. The Hall–Kier alpha value is -2.82. The molecule has 25 heavy (non-hydrogen) atoms. The maximum Gasteiger partial charge on any atom is 0.251 e. The number of rotatable bonds is 6. The van der Waals surface area contributed by atoms with Crippen LogP contribution in [-0.4, -0.2) is 23.2 Å². The summed E-state index contributed by atoms with van der Waals surface area (Å²) in [6, 6.07) is 13.3. The number of hydrogen-bond donors (Lipinski definition) is 2. The lowest BCUT2D eigenvalue weighted by Gasteiger charge is -2.18. The van der Waals surface area contributed by atoms with Crippen molar-refractivity contribution in [2.75, 3.05) is 7.11 Å². The van der Waals surface area contributed by atoms with Gasteiger partial charge in [0.1, 0.15) is 5.75 Å². The first kappa shape index (κ1) is 17.0. The zero-order valence-electron chi connectivity index (χ0n) is 14.8. The molecule has 1 unspecified atom stereocenters. The molecule has 0 fully saturated rings. The van der Waals surface area contributed by atoms with Gasteiger partial charge in [0.2, 0.25) is 0 Å². The van der Waals surface area contributed by atoms with E-state index in [0.717, 1.165) is 40.8 Å². The van der Waals surface area contributed by atoms with Crippen LogP contribution in [0.5, 0.6) is 5.75 Å². The quantitative estimate of drug-likeness (QED) is 0.714. The Bertz CT molecular complexity index is 886. The monoisotopic (exact) mass is 337 g/mol. The fourth-order valence-corrected chi connectivity index (χ4v) is 2.99. The van der Waals surface area contributed by atoms with Gasteiger partial charge in [0.05, 0.1) is 18.7 Å². The minimum atomic E-state index is -0.0835. The molecule has 0 spiro atoms. The number of methoxy groups -OCH3 is 1. The van der Waals surface area contributed by atoms with Crippen LogP contribution in [0.15, 0.2) is 42.5 Å². The topological polar surface area (TPSA) is 67.0 Å². The van der Waals surface area contributed by atoms with Crippen molar-refractivity contribution in [1.29, 1.82) is 0 Å². The van der Waals surface area contributed by atoms with Crippen molar-refractivity contribution in [3.05, 3.63) is 59.3 Å². The molecule has 0 radical (unpaired) electrons. The summed E-state index contributed by atoms with van der Waals surface area (Å²) in [4.78, 5) is 12.7. The SMILES string of the molecule is CCc1[nH]nc2ccc(C(=O)NC(CC)c3cccc(OC)c3)cc12. The minimum Gasteiger partial charge on any atom is -0.497 e. The Morgan fingerprint density at radius 2 is 2.08 bits per heavy atom. The molecule has 1 amide bonds. The molecule has 0 aliphatic rings. The van der Waals surface area contributed by atoms with Crippen molar-refractivity contribution in [3.8, 4) is 5.75 Å². The zero-order valence-corrected chi connectivity index (χ0v) is 14.8. The van der Waals surface area contributed by atoms with E-state index in [9.17, 15) is 4.79 Å². The lowest BCUT2D eigenvalue weighted by Crippen LogP contribution is -2.28. The van der Waals surface area contributed by atoms with Crippen LogP contribution in [0.1, 0.15) is 47.9 Å². The lowest BCUT2D eigenvalue weighted by atomic mass is 10.0. The number of aromatic nitrogens is 2. The first-order chi connectivity index (χ1) is 12.2. The van der Waals surface area contributed by atoms with Crippen molar-refractivity contribution in [2.45, 2.75) is 32.7 Å². The molecule has 0 aliphatic heterocycles. The van der Waals surface area contributed by atoms with Gasteiger partial charge in [-0.1, -0.05) is 26.0 Å². The van der Waals surface area contributed by atoms with Crippen molar-refractivity contribution in [3.63, 3.8) is 0 Å². The van der Waals surface area contributed by atoms with Crippen molar-refractivity contribution in [1.82, 2.24) is 15.5 Å². The first-order valence-electron chi connectivity index (χ1n) is 8.58. The molecular weight excluding hydrogens is 314 g/mol. The van der Waals surface area contributed by atoms with Crippen LogP contribution >= 0.6 is 0 Å². The summed E-state index contributed by atoms with van der Waals surface area (Å²) < 4.78 is 5.28. The Labute approximate surface area is 147 Å². The second kappa shape index (κ2) is 7.38. The van der Waals surface area contributed by atoms with Gasteiger partial charge in [-0.3, -0.25) is 9.89 Å². The maximum atomic E-state index is 12.7. The Morgan fingerprint density at radius 1 is 1.24 bits per heavy atom. The molecule has 0 saturated carbocycles. The molecule has 1 atom stereocenters. The van der Waals surface area contributed by atoms with Crippen LogP contribution in [0.4, 0.5) is 0 Å². The molecule has 1 aromatic heterocycles. The fraction of sp³-hybridized carbons (Fsp3) is 0.300. The third kappa shape index (κ3) is 3.50. The van der Waals surface area contributed by atoms with Crippen LogP contribution in [0.2, 0.25) is 0 Å². The Balaban J connectivity index is 1.84. The first-order valence-corrected chi connectivity index (χ1v) is 8.58. The van der Waals surface area contributed by atoms with E-state index in [0.29, 0.717) is 5.56 Å². The number of aromatic amines is 1. The van der Waals surface area contributed by atoms with E-state index in [4.69, 9.17) is 4.74 Å². The molecule has 5 heteroatoms. The Morgan fingerprint density at radius 3 is 2.80 bits per heavy atom. The predicted octanol–water partition coefficient (Wildman–Crippen LogP) is 4.02. The highest BCUT2D eigenvalue weighted by Gasteiger charge is 2.16. The van der Waals surface area contributed by atoms with Crippen LogP contribution in [0, 0.1) is 0 Å². The van der Waals surface area contributed by atoms with Gasteiger partial charge < -0.3 is 10.1 Å². The second-order valence-corrected chi connectivity index (χ2v) is 6.00. The van der Waals surface area contributed by atoms with Gasteiger partial charge in [-0.2, -0.15) is 5.10 Å². The summed E-state index contributed by atoms with van der Waals surface area (Å²) in [6.45, 7) is 4.12. The number of fused-ring (bicyclic) bond motifs is 1. The number of carbonyl (C=O) groups excluding carboxylic acids is 1. The molecule has 1 heterocycles. The largest absolute Gasteiger partial charge is 0.497 e. The van der Waals surface area contributed by atoms with Gasteiger partial charge in [0.25, 0.3) is 5.91 Å². The van der Waals surface area contributed by atoms with E-state index in [1.54, 1.807) is 7.11 Å². The van der Waals surface area contributed by atoms with E-state index < -0.39 is 0 Å². The van der Waals surface area contributed by atoms with E-state index in [2.05, 4.69) is 29.4 Å². The maximum absolute atomic E-state index is 12.7. The summed E-state index contributed by atoms with van der Waals surface area (Å²) in [5.41, 5.74) is 3.61. The van der Waals surface area contributed by atoms with Gasteiger partial charge in [-0.25, -0.2) is 0 Å². The number of amides is 1. The highest BCUT2D eigenvalue weighted by Crippen LogP contribution is 2.23. The zero-order chi connectivity index (χ0) is 17.8. The number of hydrogen-bond acceptors (Lipinski definition) is 3. The Kier molecular flexibility index (Phi) is 5.03. The lowest BCUT2D eigenvalue weighted by molar-refractivity contribution is 0.0935. The second-order valence-electron chi connectivity index (χ2n) is 6.00. The number of H-pyrrole nitrogens is 1. The average Bonchev–Trinajstić information content (AvgIpc) is 3.08. The summed E-state index contributed by atoms with van der Waals surface area (Å²) in [5.74, 6) is 0.706. The van der Waals surface area contributed by atoms with Crippen LogP contribution in [0.3, 0.4) is 0 Å². The molecule has 0 bridgehead atoms. The van der Waals surface area contributed by atoms with Gasteiger partial charge in [0.15, 0.2) is 0 Å². The van der Waals surface area contributed by atoms with Gasteiger partial charge in [-0.05, 0) is 48.7 Å². The highest BCUT2D eigenvalue weighted by atomic mass is 16.5. The molecule has 0 aliphatic carbocycles.